The smallest absolute Gasteiger partial charge is 0.371 e. The SMILES string of the molecule is O=C(c1cc(N2CCCC2)ccn1)N1CCN(Cc2cccc(C(F)(F)F)c2)CC1. The van der Waals surface area contributed by atoms with E-state index in [0.29, 0.717) is 44.0 Å². The van der Waals surface area contributed by atoms with Gasteiger partial charge in [-0.2, -0.15) is 13.2 Å². The number of nitrogens with zero attached hydrogens (tertiary/aromatic N) is 4. The van der Waals surface area contributed by atoms with Gasteiger partial charge in [-0.3, -0.25) is 14.7 Å². The van der Waals surface area contributed by atoms with Crippen molar-refractivity contribution >= 4 is 11.6 Å². The molecule has 2 aromatic rings. The van der Waals surface area contributed by atoms with Gasteiger partial charge in [-0.05, 0) is 36.6 Å². The number of aromatic nitrogens is 1. The van der Waals surface area contributed by atoms with Crippen LogP contribution in [-0.4, -0.2) is 60.0 Å². The minimum absolute atomic E-state index is 0.0882. The largest absolute Gasteiger partial charge is 0.416 e. The van der Waals surface area contributed by atoms with Crippen molar-refractivity contribution in [3.05, 3.63) is 59.4 Å². The summed E-state index contributed by atoms with van der Waals surface area (Å²) in [5, 5.41) is 0. The molecule has 2 aliphatic heterocycles. The molecule has 1 aromatic carbocycles. The summed E-state index contributed by atoms with van der Waals surface area (Å²) in [5.74, 6) is -0.0882. The number of carbonyl (C=O) groups excluding carboxylic acids is 1. The number of hydrogen-bond donors (Lipinski definition) is 0. The lowest BCUT2D eigenvalue weighted by Crippen LogP contribution is -2.48. The average molecular weight is 418 g/mol. The van der Waals surface area contributed by atoms with Crippen molar-refractivity contribution in [1.82, 2.24) is 14.8 Å². The van der Waals surface area contributed by atoms with E-state index in [9.17, 15) is 18.0 Å². The number of halogens is 3. The highest BCUT2D eigenvalue weighted by atomic mass is 19.4. The normalized spacial score (nSPS) is 18.1. The zero-order valence-corrected chi connectivity index (χ0v) is 16.7. The summed E-state index contributed by atoms with van der Waals surface area (Å²) in [6, 6.07) is 9.24. The van der Waals surface area contributed by atoms with E-state index in [4.69, 9.17) is 0 Å². The van der Waals surface area contributed by atoms with Crippen LogP contribution < -0.4 is 4.90 Å². The van der Waals surface area contributed by atoms with Gasteiger partial charge in [0.25, 0.3) is 5.91 Å². The van der Waals surface area contributed by atoms with Crippen LogP contribution in [0.3, 0.4) is 0 Å². The molecule has 0 radical (unpaired) electrons. The molecule has 2 saturated heterocycles. The minimum Gasteiger partial charge on any atom is -0.371 e. The van der Waals surface area contributed by atoms with Crippen LogP contribution in [0.5, 0.6) is 0 Å². The quantitative estimate of drug-likeness (QED) is 0.760. The molecule has 3 heterocycles. The third-order valence-corrected chi connectivity index (χ3v) is 5.75. The Balaban J connectivity index is 1.34. The monoisotopic (exact) mass is 418 g/mol. The molecule has 0 N–H and O–H groups in total. The van der Waals surface area contributed by atoms with Crippen LogP contribution in [0.2, 0.25) is 0 Å². The number of carbonyl (C=O) groups is 1. The van der Waals surface area contributed by atoms with Gasteiger partial charge in [0.2, 0.25) is 0 Å². The topological polar surface area (TPSA) is 39.7 Å². The number of benzene rings is 1. The first-order valence-corrected chi connectivity index (χ1v) is 10.3. The summed E-state index contributed by atoms with van der Waals surface area (Å²) in [6.45, 7) is 4.76. The number of piperazine rings is 1. The van der Waals surface area contributed by atoms with E-state index in [2.05, 4.69) is 14.8 Å². The van der Waals surface area contributed by atoms with Gasteiger partial charge in [-0.15, -0.1) is 0 Å². The Hall–Kier alpha value is -2.61. The van der Waals surface area contributed by atoms with Crippen molar-refractivity contribution in [3.8, 4) is 0 Å². The van der Waals surface area contributed by atoms with Crippen LogP contribution in [0.4, 0.5) is 18.9 Å². The lowest BCUT2D eigenvalue weighted by molar-refractivity contribution is -0.137. The molecule has 5 nitrogen and oxygen atoms in total. The molecular weight excluding hydrogens is 393 g/mol. The summed E-state index contributed by atoms with van der Waals surface area (Å²) >= 11 is 0. The second-order valence-corrected chi connectivity index (χ2v) is 7.86. The fourth-order valence-electron chi connectivity index (χ4n) is 4.08. The lowest BCUT2D eigenvalue weighted by atomic mass is 10.1. The Morgan fingerprint density at radius 3 is 2.40 bits per heavy atom. The molecule has 0 unspecified atom stereocenters. The molecule has 1 aromatic heterocycles. The molecule has 0 atom stereocenters. The minimum atomic E-state index is -4.34. The molecule has 160 valence electrons. The maximum atomic E-state index is 12.9. The number of alkyl halides is 3. The van der Waals surface area contributed by atoms with Gasteiger partial charge in [0.15, 0.2) is 0 Å². The third-order valence-electron chi connectivity index (χ3n) is 5.75. The van der Waals surface area contributed by atoms with Crippen LogP contribution in [0.25, 0.3) is 0 Å². The standard InChI is InChI=1S/C22H25F3N4O/c23-22(24,25)18-5-3-4-17(14-18)16-27-10-12-29(13-11-27)21(30)20-15-19(6-7-26-20)28-8-1-2-9-28/h3-7,14-15H,1-2,8-13,16H2. The zero-order chi connectivity index (χ0) is 21.1. The van der Waals surface area contributed by atoms with Gasteiger partial charge in [0.05, 0.1) is 5.56 Å². The Bertz CT molecular complexity index is 888. The van der Waals surface area contributed by atoms with E-state index >= 15 is 0 Å². The highest BCUT2D eigenvalue weighted by molar-refractivity contribution is 5.93. The van der Waals surface area contributed by atoms with Gasteiger partial charge < -0.3 is 9.80 Å². The zero-order valence-electron chi connectivity index (χ0n) is 16.7. The molecule has 0 aliphatic carbocycles. The lowest BCUT2D eigenvalue weighted by Gasteiger charge is -2.34. The summed E-state index contributed by atoms with van der Waals surface area (Å²) in [5.41, 5.74) is 1.49. The maximum absolute atomic E-state index is 12.9. The molecule has 0 saturated carbocycles. The Kier molecular flexibility index (Phi) is 5.94. The van der Waals surface area contributed by atoms with Crippen LogP contribution in [-0.2, 0) is 12.7 Å². The number of pyridine rings is 1. The van der Waals surface area contributed by atoms with Crippen molar-refractivity contribution < 1.29 is 18.0 Å². The van der Waals surface area contributed by atoms with Crippen LogP contribution in [0.15, 0.2) is 42.6 Å². The van der Waals surface area contributed by atoms with E-state index in [1.807, 2.05) is 12.1 Å². The van der Waals surface area contributed by atoms with Gasteiger partial charge in [-0.1, -0.05) is 18.2 Å². The van der Waals surface area contributed by atoms with Crippen LogP contribution in [0.1, 0.15) is 34.5 Å². The highest BCUT2D eigenvalue weighted by Gasteiger charge is 2.30. The van der Waals surface area contributed by atoms with E-state index < -0.39 is 11.7 Å². The maximum Gasteiger partial charge on any atom is 0.416 e. The molecule has 1 amide bonds. The summed E-state index contributed by atoms with van der Waals surface area (Å²) in [6.07, 6.45) is -0.318. The molecule has 0 spiro atoms. The van der Waals surface area contributed by atoms with Crippen LogP contribution in [0, 0.1) is 0 Å². The first-order chi connectivity index (χ1) is 14.4. The molecule has 4 rings (SSSR count). The highest BCUT2D eigenvalue weighted by Crippen LogP contribution is 2.30. The van der Waals surface area contributed by atoms with E-state index in [-0.39, 0.29) is 5.91 Å². The van der Waals surface area contributed by atoms with Crippen molar-refractivity contribution in [2.24, 2.45) is 0 Å². The first-order valence-electron chi connectivity index (χ1n) is 10.3. The van der Waals surface area contributed by atoms with Crippen molar-refractivity contribution in [2.75, 3.05) is 44.2 Å². The van der Waals surface area contributed by atoms with Gasteiger partial charge in [0, 0.05) is 57.7 Å². The predicted octanol–water partition coefficient (Wildman–Crippen LogP) is 3.66. The Labute approximate surface area is 174 Å². The molecule has 2 fully saturated rings. The molecule has 8 heteroatoms. The number of amides is 1. The van der Waals surface area contributed by atoms with Gasteiger partial charge >= 0.3 is 6.18 Å². The van der Waals surface area contributed by atoms with E-state index in [1.165, 1.54) is 25.0 Å². The van der Waals surface area contributed by atoms with E-state index in [1.54, 1.807) is 17.2 Å². The predicted molar refractivity (Wildman–Crippen MR) is 108 cm³/mol. The summed E-state index contributed by atoms with van der Waals surface area (Å²) in [4.78, 5) is 23.3. The van der Waals surface area contributed by atoms with Crippen LogP contribution >= 0.6 is 0 Å². The second kappa shape index (κ2) is 8.63. The van der Waals surface area contributed by atoms with Crippen molar-refractivity contribution in [1.29, 1.82) is 0 Å². The van der Waals surface area contributed by atoms with Crippen molar-refractivity contribution in [3.63, 3.8) is 0 Å². The summed E-state index contributed by atoms with van der Waals surface area (Å²) in [7, 11) is 0. The second-order valence-electron chi connectivity index (χ2n) is 7.86. The van der Waals surface area contributed by atoms with Crippen molar-refractivity contribution in [2.45, 2.75) is 25.6 Å². The Morgan fingerprint density at radius 1 is 0.967 bits per heavy atom. The number of anilines is 1. The fourth-order valence-corrected chi connectivity index (χ4v) is 4.08. The number of rotatable bonds is 4. The third kappa shape index (κ3) is 4.75. The molecular formula is C22H25F3N4O. The van der Waals surface area contributed by atoms with E-state index in [0.717, 1.165) is 24.8 Å². The number of hydrogen-bond acceptors (Lipinski definition) is 4. The molecule has 2 aliphatic rings. The van der Waals surface area contributed by atoms with Gasteiger partial charge in [-0.25, -0.2) is 0 Å². The fraction of sp³-hybridized carbons (Fsp3) is 0.455. The van der Waals surface area contributed by atoms with Gasteiger partial charge in [0.1, 0.15) is 5.69 Å². The average Bonchev–Trinajstić information content (AvgIpc) is 3.29. The first kappa shape index (κ1) is 20.7. The summed E-state index contributed by atoms with van der Waals surface area (Å²) < 4.78 is 38.7. The molecule has 30 heavy (non-hydrogen) atoms. The molecule has 0 bridgehead atoms. The Morgan fingerprint density at radius 2 is 1.70 bits per heavy atom.